The molecule has 1 heterocycles. The molecule has 0 aliphatic carbocycles. The van der Waals surface area contributed by atoms with Crippen molar-refractivity contribution in [1.29, 1.82) is 0 Å². The largest absolute Gasteiger partial charge is 0.361 e. The summed E-state index contributed by atoms with van der Waals surface area (Å²) in [5, 5.41) is 4.65. The minimum absolute atomic E-state index is 0.822. The van der Waals surface area contributed by atoms with E-state index in [4.69, 9.17) is 0 Å². The smallest absolute Gasteiger partial charge is 0.0456 e. The van der Waals surface area contributed by atoms with Gasteiger partial charge < -0.3 is 10.3 Å². The van der Waals surface area contributed by atoms with Crippen LogP contribution < -0.4 is 5.32 Å². The molecule has 2 aromatic rings. The van der Waals surface area contributed by atoms with Gasteiger partial charge >= 0.3 is 0 Å². The molecule has 2 rings (SSSR count). The summed E-state index contributed by atoms with van der Waals surface area (Å²) in [7, 11) is 0. The van der Waals surface area contributed by atoms with Gasteiger partial charge in [-0.15, -0.1) is 0 Å². The molecule has 0 spiro atoms. The molecular weight excluding hydrogens is 264 g/mol. The maximum absolute atomic E-state index is 3.79. The molecule has 1 aromatic heterocycles. The van der Waals surface area contributed by atoms with Crippen molar-refractivity contribution in [3.63, 3.8) is 0 Å². The van der Waals surface area contributed by atoms with Gasteiger partial charge in [0.15, 0.2) is 0 Å². The number of aromatic nitrogens is 1. The number of fused-ring (bicyclic) bond motifs is 1. The first kappa shape index (κ1) is 11.4. The van der Waals surface area contributed by atoms with E-state index in [2.05, 4.69) is 63.3 Å². The van der Waals surface area contributed by atoms with Gasteiger partial charge in [0.1, 0.15) is 0 Å². The molecule has 0 aliphatic rings. The summed E-state index contributed by atoms with van der Waals surface area (Å²) in [6.07, 6.45) is 3.12. The molecule has 0 saturated carbocycles. The highest BCUT2D eigenvalue weighted by atomic mass is 79.9. The Balaban J connectivity index is 1.97. The molecule has 0 saturated heterocycles. The van der Waals surface area contributed by atoms with E-state index < -0.39 is 0 Å². The fraction of sp³-hybridized carbons (Fsp3) is 0.231. The number of rotatable bonds is 5. The van der Waals surface area contributed by atoms with Gasteiger partial charge in [0, 0.05) is 28.1 Å². The van der Waals surface area contributed by atoms with Crippen molar-refractivity contribution in [1.82, 2.24) is 10.3 Å². The van der Waals surface area contributed by atoms with Crippen molar-refractivity contribution in [3.05, 3.63) is 47.1 Å². The van der Waals surface area contributed by atoms with Crippen LogP contribution in [0.25, 0.3) is 10.9 Å². The Morgan fingerprint density at radius 1 is 1.38 bits per heavy atom. The second kappa shape index (κ2) is 5.32. The van der Waals surface area contributed by atoms with E-state index in [1.54, 1.807) is 0 Å². The van der Waals surface area contributed by atoms with Gasteiger partial charge in [0.05, 0.1) is 0 Å². The van der Waals surface area contributed by atoms with Crippen LogP contribution in [0.5, 0.6) is 0 Å². The molecule has 0 unspecified atom stereocenters. The predicted octanol–water partition coefficient (Wildman–Crippen LogP) is 3.21. The number of H-pyrrole nitrogens is 1. The standard InChI is InChI=1S/C13H15BrN2/c1-10(14)8-15-7-6-11-9-16-13-5-3-2-4-12(11)13/h2-5,9,15-16H,1,6-8H2. The zero-order valence-corrected chi connectivity index (χ0v) is 10.7. The van der Waals surface area contributed by atoms with Crippen LogP contribution >= 0.6 is 15.9 Å². The van der Waals surface area contributed by atoms with Crippen LogP contribution in [0, 0.1) is 0 Å². The van der Waals surface area contributed by atoms with Gasteiger partial charge in [-0.3, -0.25) is 0 Å². The zero-order valence-electron chi connectivity index (χ0n) is 9.09. The molecule has 2 nitrogen and oxygen atoms in total. The molecule has 0 aliphatic heterocycles. The predicted molar refractivity (Wildman–Crippen MR) is 72.9 cm³/mol. The average molecular weight is 279 g/mol. The van der Waals surface area contributed by atoms with E-state index in [1.165, 1.54) is 16.5 Å². The summed E-state index contributed by atoms with van der Waals surface area (Å²) < 4.78 is 0.992. The molecule has 3 heteroatoms. The Hall–Kier alpha value is -1.06. The summed E-state index contributed by atoms with van der Waals surface area (Å²) in [4.78, 5) is 3.28. The minimum Gasteiger partial charge on any atom is -0.361 e. The molecular formula is C13H15BrN2. The van der Waals surface area contributed by atoms with Crippen molar-refractivity contribution in [3.8, 4) is 0 Å². The van der Waals surface area contributed by atoms with Crippen LogP contribution in [-0.4, -0.2) is 18.1 Å². The van der Waals surface area contributed by atoms with Crippen molar-refractivity contribution < 1.29 is 0 Å². The third kappa shape index (κ3) is 2.74. The van der Waals surface area contributed by atoms with Crippen LogP contribution in [-0.2, 0) is 6.42 Å². The number of aromatic amines is 1. The first-order chi connectivity index (χ1) is 7.77. The molecule has 1 aromatic carbocycles. The van der Waals surface area contributed by atoms with Crippen LogP contribution in [0.15, 0.2) is 41.5 Å². The van der Waals surface area contributed by atoms with Crippen LogP contribution in [0.3, 0.4) is 0 Å². The Kier molecular flexibility index (Phi) is 3.80. The minimum atomic E-state index is 0.822. The number of halogens is 1. The second-order valence-electron chi connectivity index (χ2n) is 3.80. The molecule has 0 atom stereocenters. The SMILES string of the molecule is C=C(Br)CNCCc1c[nH]c2ccccc12. The lowest BCUT2D eigenvalue weighted by Gasteiger charge is -2.02. The van der Waals surface area contributed by atoms with Crippen molar-refractivity contribution in [2.75, 3.05) is 13.1 Å². The Bertz CT molecular complexity index is 487. The third-order valence-electron chi connectivity index (χ3n) is 2.56. The summed E-state index contributed by atoms with van der Waals surface area (Å²) in [5.41, 5.74) is 2.57. The highest BCUT2D eigenvalue weighted by molar-refractivity contribution is 9.11. The van der Waals surface area contributed by atoms with E-state index in [0.29, 0.717) is 0 Å². The van der Waals surface area contributed by atoms with E-state index >= 15 is 0 Å². The van der Waals surface area contributed by atoms with Gasteiger partial charge in [-0.1, -0.05) is 40.7 Å². The zero-order chi connectivity index (χ0) is 11.4. The van der Waals surface area contributed by atoms with E-state index in [9.17, 15) is 0 Å². The summed E-state index contributed by atoms with van der Waals surface area (Å²) in [6, 6.07) is 8.39. The molecule has 0 radical (unpaired) electrons. The summed E-state index contributed by atoms with van der Waals surface area (Å²) in [5.74, 6) is 0. The summed E-state index contributed by atoms with van der Waals surface area (Å²) in [6.45, 7) is 5.57. The maximum Gasteiger partial charge on any atom is 0.0456 e. The van der Waals surface area contributed by atoms with Crippen LogP contribution in [0.2, 0.25) is 0 Å². The second-order valence-corrected chi connectivity index (χ2v) is 4.93. The van der Waals surface area contributed by atoms with Gasteiger partial charge in [-0.05, 0) is 24.6 Å². The van der Waals surface area contributed by atoms with Crippen molar-refractivity contribution in [2.45, 2.75) is 6.42 Å². The van der Waals surface area contributed by atoms with Crippen LogP contribution in [0.4, 0.5) is 0 Å². The highest BCUT2D eigenvalue weighted by Gasteiger charge is 2.01. The van der Waals surface area contributed by atoms with Crippen molar-refractivity contribution >= 4 is 26.8 Å². The molecule has 0 bridgehead atoms. The first-order valence-corrected chi connectivity index (χ1v) is 6.15. The lowest BCUT2D eigenvalue weighted by Crippen LogP contribution is -2.18. The van der Waals surface area contributed by atoms with E-state index in [1.807, 2.05) is 0 Å². The molecule has 2 N–H and O–H groups in total. The third-order valence-corrected chi connectivity index (χ3v) is 2.84. The molecule has 84 valence electrons. The number of hydrogen-bond donors (Lipinski definition) is 2. The fourth-order valence-electron chi connectivity index (χ4n) is 1.79. The van der Waals surface area contributed by atoms with Gasteiger partial charge in [0.25, 0.3) is 0 Å². The number of benzene rings is 1. The first-order valence-electron chi connectivity index (χ1n) is 5.36. The number of para-hydroxylation sites is 1. The molecule has 0 fully saturated rings. The quantitative estimate of drug-likeness (QED) is 0.808. The van der Waals surface area contributed by atoms with Gasteiger partial charge in [0.2, 0.25) is 0 Å². The Morgan fingerprint density at radius 2 is 2.19 bits per heavy atom. The topological polar surface area (TPSA) is 27.8 Å². The van der Waals surface area contributed by atoms with Gasteiger partial charge in [-0.25, -0.2) is 0 Å². The average Bonchev–Trinajstić information content (AvgIpc) is 2.68. The van der Waals surface area contributed by atoms with Gasteiger partial charge in [-0.2, -0.15) is 0 Å². The monoisotopic (exact) mass is 278 g/mol. The summed E-state index contributed by atoms with van der Waals surface area (Å²) >= 11 is 3.33. The fourth-order valence-corrected chi connectivity index (χ4v) is 1.98. The number of hydrogen-bond acceptors (Lipinski definition) is 1. The van der Waals surface area contributed by atoms with E-state index in [0.717, 1.165) is 24.0 Å². The van der Waals surface area contributed by atoms with Crippen LogP contribution in [0.1, 0.15) is 5.56 Å². The van der Waals surface area contributed by atoms with E-state index in [-0.39, 0.29) is 0 Å². The normalized spacial score (nSPS) is 10.8. The van der Waals surface area contributed by atoms with Crippen molar-refractivity contribution in [2.24, 2.45) is 0 Å². The highest BCUT2D eigenvalue weighted by Crippen LogP contribution is 2.17. The lowest BCUT2D eigenvalue weighted by atomic mass is 10.1. The Labute approximate surface area is 104 Å². The molecule has 0 amide bonds. The maximum atomic E-state index is 3.79. The number of nitrogens with one attached hydrogen (secondary N) is 2. The lowest BCUT2D eigenvalue weighted by molar-refractivity contribution is 0.744. The Morgan fingerprint density at radius 3 is 3.00 bits per heavy atom. The molecule has 16 heavy (non-hydrogen) atoms.